The molecule has 1 heterocycles. The fourth-order valence-electron chi connectivity index (χ4n) is 6.52. The number of aliphatic hydroxyl groups excluding tert-OH is 2. The zero-order valence-electron chi connectivity index (χ0n) is 20.3. The number of nitrogens with one attached hydrogen (secondary N) is 1. The zero-order chi connectivity index (χ0) is 27.0. The van der Waals surface area contributed by atoms with E-state index in [2.05, 4.69) is 16.8 Å². The maximum atomic E-state index is 14.1. The minimum atomic E-state index is -2.74. The molecule has 0 unspecified atom stereocenters. The summed E-state index contributed by atoms with van der Waals surface area (Å²) in [5.74, 6) is -5.38. The normalized spacial score (nSPS) is 31.2. The first-order chi connectivity index (χ1) is 17.4. The van der Waals surface area contributed by atoms with Gasteiger partial charge in [-0.1, -0.05) is 18.7 Å². The third kappa shape index (κ3) is 3.02. The topological polar surface area (TPSA) is 193 Å². The Morgan fingerprint density at radius 3 is 2.54 bits per heavy atom. The average molecular weight is 509 g/mol. The van der Waals surface area contributed by atoms with Crippen molar-refractivity contribution in [3.63, 3.8) is 0 Å². The molecule has 3 aliphatic carbocycles. The van der Waals surface area contributed by atoms with Crippen LogP contribution in [0.4, 0.5) is 0 Å². The fourth-order valence-corrected chi connectivity index (χ4v) is 6.52. The van der Waals surface area contributed by atoms with Crippen LogP contribution in [0.5, 0.6) is 5.75 Å². The Morgan fingerprint density at radius 1 is 1.27 bits per heavy atom. The molecular formula is C26H28N4O7. The predicted octanol–water partition coefficient (Wildman–Crippen LogP) is 0.702. The number of Topliss-reactive ketones (excluding diaryl/α,β-unsaturated/α-hetero) is 1. The van der Waals surface area contributed by atoms with Crippen LogP contribution < -0.4 is 5.73 Å². The largest absolute Gasteiger partial charge is 0.510 e. The highest BCUT2D eigenvalue weighted by Gasteiger charge is 2.70. The number of carbonyl (C=O) groups excluding carboxylic acids is 2. The smallest absolute Gasteiger partial charge is 0.251 e. The summed E-state index contributed by atoms with van der Waals surface area (Å²) in [6.07, 6.45) is 4.31. The molecule has 0 spiro atoms. The van der Waals surface area contributed by atoms with Gasteiger partial charge in [0.1, 0.15) is 17.3 Å². The molecule has 11 nitrogen and oxygen atoms in total. The quantitative estimate of drug-likeness (QED) is 0.291. The van der Waals surface area contributed by atoms with Crippen molar-refractivity contribution in [2.75, 3.05) is 14.1 Å². The van der Waals surface area contributed by atoms with Gasteiger partial charge in [0, 0.05) is 23.3 Å². The predicted molar refractivity (Wildman–Crippen MR) is 132 cm³/mol. The van der Waals surface area contributed by atoms with E-state index in [1.807, 2.05) is 0 Å². The number of hydrogen-bond donors (Lipinski definition) is 7. The van der Waals surface area contributed by atoms with E-state index >= 15 is 0 Å². The van der Waals surface area contributed by atoms with E-state index in [4.69, 9.17) is 5.73 Å². The molecule has 1 saturated carbocycles. The van der Waals surface area contributed by atoms with Gasteiger partial charge in [0.05, 0.1) is 23.4 Å². The third-order valence-corrected chi connectivity index (χ3v) is 8.09. The molecule has 1 fully saturated rings. The first kappa shape index (κ1) is 24.8. The molecule has 37 heavy (non-hydrogen) atoms. The lowest BCUT2D eigenvalue weighted by Crippen LogP contribution is -2.73. The summed E-state index contributed by atoms with van der Waals surface area (Å²) in [6.45, 7) is 3.52. The molecule has 3 aliphatic rings. The van der Waals surface area contributed by atoms with Crippen LogP contribution in [0.25, 0.3) is 16.9 Å². The average Bonchev–Trinajstić information content (AvgIpc) is 3.35. The Bertz CT molecular complexity index is 1410. The molecule has 2 aromatic rings. The highest BCUT2D eigenvalue weighted by molar-refractivity contribution is 6.12. The first-order valence-electron chi connectivity index (χ1n) is 11.7. The highest BCUT2D eigenvalue weighted by atomic mass is 16.4. The molecule has 5 rings (SSSR count). The molecule has 0 aliphatic heterocycles. The molecule has 1 aromatic carbocycles. The number of H-pyrrole nitrogens is 1. The summed E-state index contributed by atoms with van der Waals surface area (Å²) in [4.78, 5) is 28.0. The fraction of sp³-hybridized carbons (Fsp3) is 0.346. The van der Waals surface area contributed by atoms with Crippen LogP contribution in [-0.4, -0.2) is 83.7 Å². The van der Waals surface area contributed by atoms with E-state index in [0.717, 1.165) is 6.08 Å². The molecule has 1 amide bonds. The summed E-state index contributed by atoms with van der Waals surface area (Å²) in [7, 11) is 3.19. The summed E-state index contributed by atoms with van der Waals surface area (Å²) in [5.41, 5.74) is 1.15. The van der Waals surface area contributed by atoms with E-state index < -0.39 is 57.9 Å². The van der Waals surface area contributed by atoms with E-state index in [9.17, 15) is 35.1 Å². The van der Waals surface area contributed by atoms with E-state index in [1.54, 1.807) is 32.6 Å². The van der Waals surface area contributed by atoms with Gasteiger partial charge < -0.3 is 31.3 Å². The monoisotopic (exact) mass is 508 g/mol. The Kier molecular flexibility index (Phi) is 5.38. The molecule has 11 heteroatoms. The molecule has 0 radical (unpaired) electrons. The maximum Gasteiger partial charge on any atom is 0.251 e. The van der Waals surface area contributed by atoms with Gasteiger partial charge in [0.15, 0.2) is 17.0 Å². The molecule has 5 atom stereocenters. The number of aromatic nitrogens is 2. The van der Waals surface area contributed by atoms with Crippen molar-refractivity contribution >= 4 is 17.4 Å². The van der Waals surface area contributed by atoms with Gasteiger partial charge in [0.25, 0.3) is 5.91 Å². The molecule has 194 valence electrons. The third-order valence-electron chi connectivity index (χ3n) is 8.09. The summed E-state index contributed by atoms with van der Waals surface area (Å²) in [6, 6.07) is 2.02. The number of aliphatic hydroxyl groups is 4. The number of amides is 1. The van der Waals surface area contributed by atoms with Crippen molar-refractivity contribution in [2.45, 2.75) is 30.1 Å². The molecule has 8 N–H and O–H groups in total. The minimum Gasteiger partial charge on any atom is -0.510 e. The number of carbonyl (C=O) groups is 2. The van der Waals surface area contributed by atoms with Crippen molar-refractivity contribution < 1.29 is 35.1 Å². The van der Waals surface area contributed by atoms with Gasteiger partial charge in [-0.3, -0.25) is 19.6 Å². The minimum absolute atomic E-state index is 0.0379. The lowest BCUT2D eigenvalue weighted by Gasteiger charge is -2.56. The van der Waals surface area contributed by atoms with Crippen LogP contribution in [0.3, 0.4) is 0 Å². The van der Waals surface area contributed by atoms with Gasteiger partial charge in [-0.15, -0.1) is 0 Å². The number of aromatic amines is 1. The number of nitrogens with zero attached hydrogens (tertiary/aromatic N) is 2. The molecule has 0 saturated heterocycles. The van der Waals surface area contributed by atoms with Gasteiger partial charge >= 0.3 is 0 Å². The number of likely N-dealkylation sites (N-methyl/N-ethyl adjacent to an activating group) is 1. The lowest BCUT2D eigenvalue weighted by molar-refractivity contribution is -0.186. The SMILES string of the molecule is C=C[C@]1(O)C(C(N)=O)=C(O)[C@@H](N(C)C)[C@@H]2C[C@@H]3Cc4c(-c5cn[nH]c5)ccc(O)c4C(O)=C3C(=O)[C@@]21O. The Balaban J connectivity index is 1.78. The van der Waals surface area contributed by atoms with Gasteiger partial charge in [0.2, 0.25) is 0 Å². The van der Waals surface area contributed by atoms with Gasteiger partial charge in [-0.25, -0.2) is 0 Å². The van der Waals surface area contributed by atoms with Crippen molar-refractivity contribution in [3.8, 4) is 16.9 Å². The number of benzene rings is 1. The summed E-state index contributed by atoms with van der Waals surface area (Å²) < 4.78 is 0. The number of primary amides is 1. The number of fused-ring (bicyclic) bond motifs is 3. The van der Waals surface area contributed by atoms with Crippen LogP contribution in [0, 0.1) is 11.8 Å². The van der Waals surface area contributed by atoms with Crippen LogP contribution in [-0.2, 0) is 16.0 Å². The zero-order valence-corrected chi connectivity index (χ0v) is 20.3. The Morgan fingerprint density at radius 2 is 1.97 bits per heavy atom. The second-order valence-corrected chi connectivity index (χ2v) is 10.1. The van der Waals surface area contributed by atoms with Gasteiger partial charge in [-0.05, 0) is 50.0 Å². The summed E-state index contributed by atoms with van der Waals surface area (Å²) >= 11 is 0. The number of aromatic hydroxyl groups is 1. The summed E-state index contributed by atoms with van der Waals surface area (Å²) in [5, 5.41) is 63.5. The number of nitrogens with two attached hydrogens (primary N) is 1. The number of phenols is 1. The maximum absolute atomic E-state index is 14.1. The number of phenolic OH excluding ortho intramolecular Hbond substituents is 1. The highest BCUT2D eigenvalue weighted by Crippen LogP contribution is 2.57. The van der Waals surface area contributed by atoms with Crippen molar-refractivity contribution in [1.82, 2.24) is 15.1 Å². The molecular weight excluding hydrogens is 480 g/mol. The van der Waals surface area contributed by atoms with E-state index in [0.29, 0.717) is 16.7 Å². The number of hydrogen-bond acceptors (Lipinski definition) is 9. The second-order valence-electron chi connectivity index (χ2n) is 10.1. The number of rotatable bonds is 4. The Labute approximate surface area is 211 Å². The molecule has 0 bridgehead atoms. The van der Waals surface area contributed by atoms with Crippen LogP contribution in [0.15, 0.2) is 54.1 Å². The first-order valence-corrected chi connectivity index (χ1v) is 11.7. The van der Waals surface area contributed by atoms with E-state index in [1.165, 1.54) is 11.0 Å². The molecule has 1 aromatic heterocycles. The van der Waals surface area contributed by atoms with Crippen molar-refractivity contribution in [2.24, 2.45) is 17.6 Å². The standard InChI is InChI=1S/C26H28N4O7/c1-4-25(36)19(24(27)35)22(33)20(30(2)3)15-8-11-7-14-13(12-9-28-29-10-12)5-6-16(31)18(14)21(32)17(11)23(34)26(15,25)37/h4-6,9-11,15,20,31-33,36-37H,1,7-8H2,2-3H3,(H2,27,35)(H,28,29)/t11-,15-,20-,25-,26-/m0/s1. The van der Waals surface area contributed by atoms with Crippen molar-refractivity contribution in [1.29, 1.82) is 0 Å². The van der Waals surface area contributed by atoms with Crippen LogP contribution in [0.1, 0.15) is 17.5 Å². The lowest BCUT2D eigenvalue weighted by atomic mass is 9.52. The van der Waals surface area contributed by atoms with Crippen molar-refractivity contribution in [3.05, 3.63) is 65.2 Å². The van der Waals surface area contributed by atoms with Crippen LogP contribution >= 0.6 is 0 Å². The second kappa shape index (κ2) is 8.04. The Hall–Kier alpha value is -3.93. The number of ketones is 1. The van der Waals surface area contributed by atoms with E-state index in [-0.39, 0.29) is 29.7 Å². The van der Waals surface area contributed by atoms with Crippen LogP contribution in [0.2, 0.25) is 0 Å². The van der Waals surface area contributed by atoms with Gasteiger partial charge in [-0.2, -0.15) is 5.10 Å².